The lowest BCUT2D eigenvalue weighted by Crippen LogP contribution is -1.96. The minimum absolute atomic E-state index is 0.0636. The molecular formula is C15H12F2O. The van der Waals surface area contributed by atoms with E-state index in [4.69, 9.17) is 0 Å². The molecule has 0 spiro atoms. The van der Waals surface area contributed by atoms with Gasteiger partial charge in [0, 0.05) is 11.5 Å². The average Bonchev–Trinajstić information content (AvgIpc) is 2.69. The first-order valence-corrected chi connectivity index (χ1v) is 5.88. The molecule has 3 rings (SSSR count). The van der Waals surface area contributed by atoms with Crippen molar-refractivity contribution in [2.24, 2.45) is 0 Å². The van der Waals surface area contributed by atoms with Crippen LogP contribution >= 0.6 is 0 Å². The fraction of sp³-hybridized carbons (Fsp3) is 0.200. The first-order chi connectivity index (χ1) is 8.66. The van der Waals surface area contributed by atoms with Gasteiger partial charge in [0.05, 0.1) is 6.10 Å². The monoisotopic (exact) mass is 246 g/mol. The van der Waals surface area contributed by atoms with Crippen LogP contribution < -0.4 is 0 Å². The molecule has 1 N–H and O–H groups in total. The molecule has 0 fully saturated rings. The maximum atomic E-state index is 13.7. The second-order valence-electron chi connectivity index (χ2n) is 4.60. The molecule has 0 amide bonds. The van der Waals surface area contributed by atoms with Crippen LogP contribution in [0.1, 0.15) is 35.1 Å². The summed E-state index contributed by atoms with van der Waals surface area (Å²) in [5, 5.41) is 9.93. The highest BCUT2D eigenvalue weighted by Crippen LogP contribution is 2.44. The lowest BCUT2D eigenvalue weighted by atomic mass is 9.93. The normalized spacial score (nSPS) is 21.9. The van der Waals surface area contributed by atoms with Gasteiger partial charge in [-0.3, -0.25) is 0 Å². The van der Waals surface area contributed by atoms with Crippen molar-refractivity contribution >= 4 is 0 Å². The highest BCUT2D eigenvalue weighted by molar-refractivity contribution is 5.44. The Morgan fingerprint density at radius 1 is 1.00 bits per heavy atom. The van der Waals surface area contributed by atoms with E-state index in [1.54, 1.807) is 18.2 Å². The summed E-state index contributed by atoms with van der Waals surface area (Å²) in [5.74, 6) is -0.729. The molecule has 3 heteroatoms. The van der Waals surface area contributed by atoms with Gasteiger partial charge in [-0.15, -0.1) is 0 Å². The number of aliphatic hydroxyl groups is 1. The summed E-state index contributed by atoms with van der Waals surface area (Å²) < 4.78 is 26.6. The number of rotatable bonds is 1. The molecule has 18 heavy (non-hydrogen) atoms. The van der Waals surface area contributed by atoms with Crippen molar-refractivity contribution in [3.8, 4) is 0 Å². The van der Waals surface area contributed by atoms with Gasteiger partial charge in [0.15, 0.2) is 0 Å². The Bertz CT molecular complexity index is 578. The molecular weight excluding hydrogens is 234 g/mol. The highest BCUT2D eigenvalue weighted by Gasteiger charge is 2.32. The number of aliphatic hydroxyl groups excluding tert-OH is 1. The zero-order valence-electron chi connectivity index (χ0n) is 9.61. The quantitative estimate of drug-likeness (QED) is 0.816. The van der Waals surface area contributed by atoms with E-state index in [0.717, 1.165) is 11.1 Å². The van der Waals surface area contributed by atoms with E-state index in [2.05, 4.69) is 0 Å². The van der Waals surface area contributed by atoms with Crippen LogP contribution in [0.2, 0.25) is 0 Å². The molecule has 1 aliphatic carbocycles. The summed E-state index contributed by atoms with van der Waals surface area (Å²) >= 11 is 0. The Hall–Kier alpha value is -1.74. The number of hydrogen-bond donors (Lipinski definition) is 1. The molecule has 0 bridgehead atoms. The molecule has 0 aromatic heterocycles. The summed E-state index contributed by atoms with van der Waals surface area (Å²) in [7, 11) is 0. The predicted octanol–water partition coefficient (Wildman–Crippen LogP) is 3.53. The standard InChI is InChI=1S/C15H12F2O/c16-10-6-4-9(5-7-10)12-8-14(18)15-11(12)2-1-3-13(15)17/h1-7,12,14,18H,8H2/t12-,14+/m1/s1. The fourth-order valence-electron chi connectivity index (χ4n) is 2.69. The van der Waals surface area contributed by atoms with Crippen molar-refractivity contribution in [1.82, 2.24) is 0 Å². The van der Waals surface area contributed by atoms with Gasteiger partial charge >= 0.3 is 0 Å². The molecule has 1 aliphatic rings. The Morgan fingerprint density at radius 3 is 2.44 bits per heavy atom. The van der Waals surface area contributed by atoms with E-state index in [-0.39, 0.29) is 17.6 Å². The Morgan fingerprint density at radius 2 is 1.72 bits per heavy atom. The first-order valence-electron chi connectivity index (χ1n) is 5.88. The summed E-state index contributed by atoms with van der Waals surface area (Å²) in [6.07, 6.45) is -0.335. The van der Waals surface area contributed by atoms with Crippen molar-refractivity contribution in [3.63, 3.8) is 0 Å². The molecule has 92 valence electrons. The summed E-state index contributed by atoms with van der Waals surface area (Å²) in [4.78, 5) is 0. The van der Waals surface area contributed by atoms with Crippen LogP contribution in [0.15, 0.2) is 42.5 Å². The Labute approximate surface area is 104 Å². The maximum Gasteiger partial charge on any atom is 0.129 e. The van der Waals surface area contributed by atoms with E-state index in [9.17, 15) is 13.9 Å². The summed E-state index contributed by atoms with van der Waals surface area (Å²) in [6, 6.07) is 11.0. The van der Waals surface area contributed by atoms with Gasteiger partial charge in [-0.05, 0) is 35.7 Å². The van der Waals surface area contributed by atoms with Crippen molar-refractivity contribution in [3.05, 3.63) is 70.8 Å². The topological polar surface area (TPSA) is 20.2 Å². The van der Waals surface area contributed by atoms with Crippen LogP contribution in [0.25, 0.3) is 0 Å². The molecule has 2 atom stereocenters. The molecule has 0 saturated carbocycles. The van der Waals surface area contributed by atoms with Gasteiger partial charge in [0.2, 0.25) is 0 Å². The molecule has 0 radical (unpaired) electrons. The van der Waals surface area contributed by atoms with Gasteiger partial charge in [0.25, 0.3) is 0 Å². The minimum Gasteiger partial charge on any atom is -0.388 e. The molecule has 0 heterocycles. The molecule has 1 nitrogen and oxygen atoms in total. The van der Waals surface area contributed by atoms with Crippen molar-refractivity contribution in [2.45, 2.75) is 18.4 Å². The van der Waals surface area contributed by atoms with E-state index < -0.39 is 6.10 Å². The van der Waals surface area contributed by atoms with Crippen LogP contribution in [0.4, 0.5) is 8.78 Å². The van der Waals surface area contributed by atoms with Gasteiger partial charge in [-0.25, -0.2) is 8.78 Å². The van der Waals surface area contributed by atoms with E-state index in [1.807, 2.05) is 6.07 Å². The molecule has 0 saturated heterocycles. The maximum absolute atomic E-state index is 13.7. The second-order valence-corrected chi connectivity index (χ2v) is 4.60. The third kappa shape index (κ3) is 1.71. The van der Waals surface area contributed by atoms with Crippen LogP contribution in [-0.2, 0) is 0 Å². The van der Waals surface area contributed by atoms with Crippen LogP contribution in [0.3, 0.4) is 0 Å². The lowest BCUT2D eigenvalue weighted by Gasteiger charge is -2.11. The molecule has 0 unspecified atom stereocenters. The van der Waals surface area contributed by atoms with Gasteiger partial charge in [-0.2, -0.15) is 0 Å². The first kappa shape index (κ1) is 11.4. The zero-order chi connectivity index (χ0) is 12.7. The molecule has 2 aromatic rings. The van der Waals surface area contributed by atoms with Crippen molar-refractivity contribution in [1.29, 1.82) is 0 Å². The van der Waals surface area contributed by atoms with Gasteiger partial charge in [-0.1, -0.05) is 24.3 Å². The Kier molecular flexibility index (Phi) is 2.63. The van der Waals surface area contributed by atoms with Crippen molar-refractivity contribution < 1.29 is 13.9 Å². The molecule has 0 aliphatic heterocycles. The number of benzene rings is 2. The fourth-order valence-corrected chi connectivity index (χ4v) is 2.69. The van der Waals surface area contributed by atoms with Crippen molar-refractivity contribution in [2.75, 3.05) is 0 Å². The van der Waals surface area contributed by atoms with Gasteiger partial charge < -0.3 is 5.11 Å². The number of hydrogen-bond acceptors (Lipinski definition) is 1. The summed E-state index contributed by atoms with van der Waals surface area (Å²) in [5.41, 5.74) is 2.08. The minimum atomic E-state index is -0.781. The van der Waals surface area contributed by atoms with E-state index in [1.165, 1.54) is 18.2 Å². The highest BCUT2D eigenvalue weighted by atomic mass is 19.1. The number of halogens is 2. The third-order valence-corrected chi connectivity index (χ3v) is 3.53. The predicted molar refractivity (Wildman–Crippen MR) is 64.2 cm³/mol. The second kappa shape index (κ2) is 4.18. The average molecular weight is 246 g/mol. The van der Waals surface area contributed by atoms with Crippen LogP contribution in [-0.4, -0.2) is 5.11 Å². The summed E-state index contributed by atoms with van der Waals surface area (Å²) in [6.45, 7) is 0. The van der Waals surface area contributed by atoms with Crippen LogP contribution in [0.5, 0.6) is 0 Å². The SMILES string of the molecule is O[C@H]1C[C@H](c2ccc(F)cc2)c2cccc(F)c21. The lowest BCUT2D eigenvalue weighted by molar-refractivity contribution is 0.172. The van der Waals surface area contributed by atoms with E-state index in [0.29, 0.717) is 12.0 Å². The number of fused-ring (bicyclic) bond motifs is 1. The Balaban J connectivity index is 2.08. The smallest absolute Gasteiger partial charge is 0.129 e. The molecule has 2 aromatic carbocycles. The largest absolute Gasteiger partial charge is 0.388 e. The third-order valence-electron chi connectivity index (χ3n) is 3.53. The van der Waals surface area contributed by atoms with E-state index >= 15 is 0 Å². The van der Waals surface area contributed by atoms with Crippen LogP contribution in [0, 0.1) is 11.6 Å². The zero-order valence-corrected chi connectivity index (χ0v) is 9.61. The van der Waals surface area contributed by atoms with Gasteiger partial charge in [0.1, 0.15) is 11.6 Å².